The van der Waals surface area contributed by atoms with E-state index in [0.29, 0.717) is 10.9 Å². The summed E-state index contributed by atoms with van der Waals surface area (Å²) in [5.74, 6) is -6.92. The number of halogens is 3. The van der Waals surface area contributed by atoms with Crippen LogP contribution in [0.15, 0.2) is 18.2 Å². The minimum atomic E-state index is -1.72. The molecule has 0 bridgehead atoms. The highest BCUT2D eigenvalue weighted by Gasteiger charge is 2.17. The van der Waals surface area contributed by atoms with Crippen molar-refractivity contribution >= 4 is 34.8 Å². The van der Waals surface area contributed by atoms with E-state index in [1.54, 1.807) is 6.07 Å². The molecule has 1 heterocycles. The van der Waals surface area contributed by atoms with E-state index in [1.165, 1.54) is 11.3 Å². The first-order chi connectivity index (χ1) is 13.7. The summed E-state index contributed by atoms with van der Waals surface area (Å²) >= 11 is 1.27. The number of aryl methyl sites for hydroxylation is 2. The number of carbonyl (C=O) groups is 3. The molecule has 0 saturated heterocycles. The van der Waals surface area contributed by atoms with Crippen LogP contribution in [0.3, 0.4) is 0 Å². The predicted molar refractivity (Wildman–Crippen MR) is 101 cm³/mol. The number of hydrogen-bond donors (Lipinski definition) is 2. The van der Waals surface area contributed by atoms with Crippen LogP contribution in [0.25, 0.3) is 0 Å². The molecule has 0 atom stereocenters. The number of carbonyl (C=O) groups excluding carboxylic acids is 3. The zero-order valence-corrected chi connectivity index (χ0v) is 16.6. The van der Waals surface area contributed by atoms with E-state index in [0.717, 1.165) is 29.3 Å². The normalized spacial score (nSPS) is 10.5. The maximum absolute atomic E-state index is 13.5. The van der Waals surface area contributed by atoms with Crippen LogP contribution >= 0.6 is 11.3 Å². The third kappa shape index (κ3) is 6.05. The molecule has 0 saturated carbocycles. The number of esters is 1. The molecule has 6 nitrogen and oxygen atoms in total. The smallest absolute Gasteiger partial charge is 0.348 e. The average molecular weight is 428 g/mol. The number of hydrogen-bond acceptors (Lipinski definition) is 5. The summed E-state index contributed by atoms with van der Waals surface area (Å²) in [5, 5.41) is 4.18. The number of nitrogens with one attached hydrogen (secondary N) is 2. The first-order valence-electron chi connectivity index (χ1n) is 8.69. The van der Waals surface area contributed by atoms with Crippen LogP contribution in [0, 0.1) is 24.4 Å². The zero-order valence-electron chi connectivity index (χ0n) is 15.7. The van der Waals surface area contributed by atoms with Gasteiger partial charge in [-0.3, -0.25) is 9.59 Å². The molecule has 1 aromatic heterocycles. The average Bonchev–Trinajstić information content (AvgIpc) is 3.06. The third-order valence-electron chi connectivity index (χ3n) is 3.83. The van der Waals surface area contributed by atoms with Gasteiger partial charge in [-0.2, -0.15) is 0 Å². The van der Waals surface area contributed by atoms with Gasteiger partial charge in [0.25, 0.3) is 5.91 Å². The Hall–Kier alpha value is -2.88. The third-order valence-corrected chi connectivity index (χ3v) is 4.90. The van der Waals surface area contributed by atoms with E-state index >= 15 is 0 Å². The number of ether oxygens (including phenoxy) is 1. The standard InChI is InChI=1S/C19H19F3N2O4S/c1-3-4-11-7-14(29-10(11)2)19(27)28-9-16(26)23-8-15(25)24-13-6-5-12(20)17(21)18(13)22/h5-7H,3-4,8-9H2,1-2H3,(H,23,26)(H,24,25). The van der Waals surface area contributed by atoms with E-state index in [9.17, 15) is 27.6 Å². The molecule has 0 aliphatic rings. The van der Waals surface area contributed by atoms with Crippen LogP contribution in [-0.4, -0.2) is 30.9 Å². The van der Waals surface area contributed by atoms with Crippen LogP contribution in [0.4, 0.5) is 18.9 Å². The van der Waals surface area contributed by atoms with E-state index in [4.69, 9.17) is 4.74 Å². The lowest BCUT2D eigenvalue weighted by Crippen LogP contribution is -2.35. The molecule has 0 aliphatic heterocycles. The van der Waals surface area contributed by atoms with Crippen LogP contribution < -0.4 is 10.6 Å². The number of anilines is 1. The van der Waals surface area contributed by atoms with Crippen molar-refractivity contribution in [1.82, 2.24) is 5.32 Å². The Balaban J connectivity index is 1.79. The lowest BCUT2D eigenvalue weighted by Gasteiger charge is -2.08. The molecule has 0 radical (unpaired) electrons. The lowest BCUT2D eigenvalue weighted by molar-refractivity contribution is -0.126. The van der Waals surface area contributed by atoms with Crippen LogP contribution in [0.5, 0.6) is 0 Å². The Labute approximate surface area is 169 Å². The quantitative estimate of drug-likeness (QED) is 0.499. The van der Waals surface area contributed by atoms with Gasteiger partial charge in [-0.15, -0.1) is 11.3 Å². The summed E-state index contributed by atoms with van der Waals surface area (Å²) in [7, 11) is 0. The molecule has 29 heavy (non-hydrogen) atoms. The summed E-state index contributed by atoms with van der Waals surface area (Å²) < 4.78 is 44.4. The molecule has 2 aromatic rings. The van der Waals surface area contributed by atoms with Crippen molar-refractivity contribution in [3.63, 3.8) is 0 Å². The molecular weight excluding hydrogens is 409 g/mol. The summed E-state index contributed by atoms with van der Waals surface area (Å²) in [6, 6.07) is 3.24. The van der Waals surface area contributed by atoms with Gasteiger partial charge in [0.05, 0.1) is 12.2 Å². The Morgan fingerprint density at radius 2 is 1.83 bits per heavy atom. The first kappa shape index (κ1) is 22.4. The van der Waals surface area contributed by atoms with Crippen LogP contribution in [0.2, 0.25) is 0 Å². The second kappa shape index (κ2) is 10.1. The molecule has 10 heteroatoms. The topological polar surface area (TPSA) is 84.5 Å². The number of amides is 2. The number of benzene rings is 1. The first-order valence-corrected chi connectivity index (χ1v) is 9.51. The van der Waals surface area contributed by atoms with Gasteiger partial charge in [0.1, 0.15) is 4.88 Å². The van der Waals surface area contributed by atoms with Crippen molar-refractivity contribution in [2.24, 2.45) is 0 Å². The van der Waals surface area contributed by atoms with Crippen LogP contribution in [0.1, 0.15) is 33.5 Å². The fourth-order valence-electron chi connectivity index (χ4n) is 2.39. The van der Waals surface area contributed by atoms with E-state index < -0.39 is 54.1 Å². The van der Waals surface area contributed by atoms with Crippen molar-refractivity contribution in [2.45, 2.75) is 26.7 Å². The highest BCUT2D eigenvalue weighted by Crippen LogP contribution is 2.23. The molecule has 2 rings (SSSR count). The zero-order chi connectivity index (χ0) is 21.6. The van der Waals surface area contributed by atoms with Gasteiger partial charge in [-0.1, -0.05) is 13.3 Å². The van der Waals surface area contributed by atoms with E-state index in [2.05, 4.69) is 5.32 Å². The molecule has 156 valence electrons. The summed E-state index contributed by atoms with van der Waals surface area (Å²) in [5.41, 5.74) is 0.487. The van der Waals surface area contributed by atoms with E-state index in [-0.39, 0.29) is 0 Å². The van der Waals surface area contributed by atoms with Gasteiger partial charge in [0.15, 0.2) is 24.1 Å². The van der Waals surface area contributed by atoms with Crippen molar-refractivity contribution in [3.8, 4) is 0 Å². The lowest BCUT2D eigenvalue weighted by atomic mass is 10.1. The monoisotopic (exact) mass is 428 g/mol. The highest BCUT2D eigenvalue weighted by molar-refractivity contribution is 7.14. The largest absolute Gasteiger partial charge is 0.451 e. The Morgan fingerprint density at radius 1 is 1.10 bits per heavy atom. The van der Waals surface area contributed by atoms with Crippen molar-refractivity contribution in [3.05, 3.63) is 51.0 Å². The van der Waals surface area contributed by atoms with Gasteiger partial charge in [0, 0.05) is 4.88 Å². The van der Waals surface area contributed by atoms with Gasteiger partial charge in [-0.05, 0) is 37.1 Å². The maximum Gasteiger partial charge on any atom is 0.348 e. The highest BCUT2D eigenvalue weighted by atomic mass is 32.1. The number of thiophene rings is 1. The SMILES string of the molecule is CCCc1cc(C(=O)OCC(=O)NCC(=O)Nc2ccc(F)c(F)c2F)sc1C. The summed E-state index contributed by atoms with van der Waals surface area (Å²) in [6.45, 7) is 2.74. The molecule has 0 unspecified atom stereocenters. The Bertz CT molecular complexity index is 930. The van der Waals surface area contributed by atoms with Gasteiger partial charge >= 0.3 is 5.97 Å². The summed E-state index contributed by atoms with van der Waals surface area (Å²) in [6.07, 6.45) is 1.77. The second-order valence-corrected chi connectivity index (χ2v) is 7.32. The molecule has 0 fully saturated rings. The fraction of sp³-hybridized carbons (Fsp3) is 0.316. The summed E-state index contributed by atoms with van der Waals surface area (Å²) in [4.78, 5) is 36.8. The van der Waals surface area contributed by atoms with Gasteiger partial charge < -0.3 is 15.4 Å². The second-order valence-electron chi connectivity index (χ2n) is 6.07. The van der Waals surface area contributed by atoms with Crippen molar-refractivity contribution < 1.29 is 32.3 Å². The predicted octanol–water partition coefficient (Wildman–Crippen LogP) is 3.34. The Morgan fingerprint density at radius 3 is 2.52 bits per heavy atom. The number of rotatable bonds is 8. The van der Waals surface area contributed by atoms with Crippen LogP contribution in [-0.2, 0) is 20.7 Å². The minimum Gasteiger partial charge on any atom is -0.451 e. The molecule has 1 aromatic carbocycles. The van der Waals surface area contributed by atoms with E-state index in [1.807, 2.05) is 19.2 Å². The molecule has 0 aliphatic carbocycles. The van der Waals surface area contributed by atoms with Crippen molar-refractivity contribution in [1.29, 1.82) is 0 Å². The Kier molecular flexibility index (Phi) is 7.77. The molecular formula is C19H19F3N2O4S. The minimum absolute atomic E-state index is 0.380. The fourth-order valence-corrected chi connectivity index (χ4v) is 3.35. The maximum atomic E-state index is 13.5. The van der Waals surface area contributed by atoms with Crippen molar-refractivity contribution in [2.75, 3.05) is 18.5 Å². The van der Waals surface area contributed by atoms with Gasteiger partial charge in [0.2, 0.25) is 5.91 Å². The molecule has 2 amide bonds. The van der Waals surface area contributed by atoms with Gasteiger partial charge in [-0.25, -0.2) is 18.0 Å². The molecule has 0 spiro atoms. The molecule has 2 N–H and O–H groups in total.